The molecular weight excluding hydrogens is 296 g/mol. The van der Waals surface area contributed by atoms with E-state index in [1.54, 1.807) is 17.2 Å². The highest BCUT2D eigenvalue weighted by Gasteiger charge is 2.68. The first-order valence-electron chi connectivity index (χ1n) is 7.65. The minimum absolute atomic E-state index is 0. The molecule has 0 radical (unpaired) electrons. The Morgan fingerprint density at radius 2 is 2.04 bits per heavy atom. The maximum Gasteiger partial charge on any atom is 0.263 e. The first-order valence-corrected chi connectivity index (χ1v) is 7.65. The number of nitrogens with one attached hydrogen (secondary N) is 1. The number of furan rings is 1. The molecule has 124 valence electrons. The molecule has 4 rings (SSSR count). The summed E-state index contributed by atoms with van der Waals surface area (Å²) < 4.78 is 10.8. The third-order valence-electron chi connectivity index (χ3n) is 4.59. The van der Waals surface area contributed by atoms with E-state index in [-0.39, 0.29) is 8.76 Å². The number of carbonyl (C=O) groups excluding carboxylic acids is 1. The molecule has 1 amide bonds. The van der Waals surface area contributed by atoms with Gasteiger partial charge in [-0.3, -0.25) is 10.1 Å². The first kappa shape index (κ1) is 14.4. The van der Waals surface area contributed by atoms with Crippen molar-refractivity contribution in [3.63, 3.8) is 0 Å². The van der Waals surface area contributed by atoms with Crippen LogP contribution in [0, 0.1) is 0 Å². The average Bonchev–Trinajstić information content (AvgIpc) is 3.08. The van der Waals surface area contributed by atoms with E-state index >= 15 is 0 Å². The molecule has 2 unspecified atom stereocenters. The smallest absolute Gasteiger partial charge is 0.263 e. The van der Waals surface area contributed by atoms with E-state index in [0.29, 0.717) is 26.1 Å². The highest BCUT2D eigenvalue weighted by molar-refractivity contribution is 6.02. The van der Waals surface area contributed by atoms with Crippen LogP contribution in [0.3, 0.4) is 0 Å². The summed E-state index contributed by atoms with van der Waals surface area (Å²) in [4.78, 5) is 14.4. The number of epoxide rings is 1. The lowest BCUT2D eigenvalue weighted by Crippen LogP contribution is -2.58. The van der Waals surface area contributed by atoms with Crippen LogP contribution in [0.15, 0.2) is 53.1 Å². The Labute approximate surface area is 136 Å². The Morgan fingerprint density at radius 3 is 2.70 bits per heavy atom. The summed E-state index contributed by atoms with van der Waals surface area (Å²) >= 11 is 0. The summed E-state index contributed by atoms with van der Waals surface area (Å²) in [7, 11) is 0. The van der Waals surface area contributed by atoms with Gasteiger partial charge in [0.2, 0.25) is 0 Å². The van der Waals surface area contributed by atoms with Crippen molar-refractivity contribution in [1.82, 2.24) is 5.32 Å². The zero-order valence-corrected chi connectivity index (χ0v) is 12.6. The summed E-state index contributed by atoms with van der Waals surface area (Å²) in [6.45, 7) is 1.17. The number of hydrogen-bond acceptors (Lipinski definition) is 5. The van der Waals surface area contributed by atoms with Crippen molar-refractivity contribution in [3.05, 3.63) is 54.5 Å². The van der Waals surface area contributed by atoms with Gasteiger partial charge in [-0.15, -0.1) is 0 Å². The van der Waals surface area contributed by atoms with Crippen molar-refractivity contribution in [1.29, 1.82) is 0 Å². The number of aliphatic hydroxyl groups is 1. The molecule has 3 heterocycles. The summed E-state index contributed by atoms with van der Waals surface area (Å²) in [5.41, 5.74) is -1.80. The van der Waals surface area contributed by atoms with Gasteiger partial charge in [-0.05, 0) is 24.3 Å². The summed E-state index contributed by atoms with van der Waals surface area (Å²) in [6.07, 6.45) is 1.91. The molecule has 0 aliphatic carbocycles. The van der Waals surface area contributed by atoms with Crippen LogP contribution in [0.5, 0.6) is 0 Å². The predicted octanol–water partition coefficient (Wildman–Crippen LogP) is 1.76. The van der Waals surface area contributed by atoms with Crippen LogP contribution in [0.25, 0.3) is 0 Å². The molecule has 2 aromatic rings. The number of ether oxygens (including phenoxy) is 1. The van der Waals surface area contributed by atoms with E-state index < -0.39 is 11.3 Å². The summed E-state index contributed by atoms with van der Waals surface area (Å²) in [5, 5.41) is 14.1. The van der Waals surface area contributed by atoms with Gasteiger partial charge in [-0.25, -0.2) is 0 Å². The van der Waals surface area contributed by atoms with Crippen LogP contribution in [-0.4, -0.2) is 35.5 Å². The van der Waals surface area contributed by atoms with Crippen LogP contribution < -0.4 is 10.2 Å². The van der Waals surface area contributed by atoms with Crippen molar-refractivity contribution in [2.24, 2.45) is 0 Å². The highest BCUT2D eigenvalue weighted by atomic mass is 16.6. The standard InChI is InChI=1S/C17H18N2O4.2H2/c20-15-16(21,8-9-19(15)13-5-2-1-3-6-13)17(12-23-17)18-11-14-7-4-10-22-14;;/h1-7,10,18,21H,8-9,11-12H2;2*1H. The average molecular weight is 318 g/mol. The van der Waals surface area contributed by atoms with Crippen molar-refractivity contribution >= 4 is 11.6 Å². The number of hydrogen-bond donors (Lipinski definition) is 2. The lowest BCUT2D eigenvalue weighted by atomic mass is 9.92. The number of amides is 1. The van der Waals surface area contributed by atoms with Gasteiger partial charge in [0.1, 0.15) is 5.76 Å². The second kappa shape index (κ2) is 5.19. The van der Waals surface area contributed by atoms with Gasteiger partial charge < -0.3 is 19.2 Å². The molecule has 0 spiro atoms. The predicted molar refractivity (Wildman–Crippen MR) is 86.8 cm³/mol. The monoisotopic (exact) mass is 318 g/mol. The van der Waals surface area contributed by atoms with Gasteiger partial charge in [0, 0.05) is 21.5 Å². The van der Waals surface area contributed by atoms with Crippen LogP contribution in [-0.2, 0) is 16.1 Å². The number of para-hydroxylation sites is 1. The lowest BCUT2D eigenvalue weighted by molar-refractivity contribution is -0.142. The maximum atomic E-state index is 12.8. The van der Waals surface area contributed by atoms with E-state index in [1.807, 2.05) is 36.4 Å². The number of nitrogens with zero attached hydrogens (tertiary/aromatic N) is 1. The van der Waals surface area contributed by atoms with E-state index in [4.69, 9.17) is 9.15 Å². The molecule has 6 nitrogen and oxygen atoms in total. The lowest BCUT2D eigenvalue weighted by Gasteiger charge is -2.29. The molecule has 2 atom stereocenters. The second-order valence-electron chi connectivity index (χ2n) is 5.95. The zero-order valence-electron chi connectivity index (χ0n) is 12.6. The van der Waals surface area contributed by atoms with E-state index in [0.717, 1.165) is 11.4 Å². The minimum atomic E-state index is -1.56. The van der Waals surface area contributed by atoms with Crippen LogP contribution in [0.4, 0.5) is 5.69 Å². The molecular formula is C17H22N2O4. The molecule has 2 aliphatic rings. The summed E-state index contributed by atoms with van der Waals surface area (Å²) in [6, 6.07) is 13.0. The van der Waals surface area contributed by atoms with Crippen LogP contribution >= 0.6 is 0 Å². The second-order valence-corrected chi connectivity index (χ2v) is 5.95. The molecule has 23 heavy (non-hydrogen) atoms. The Morgan fingerprint density at radius 1 is 1.26 bits per heavy atom. The Hall–Kier alpha value is -2.15. The van der Waals surface area contributed by atoms with Crippen LogP contribution in [0.1, 0.15) is 15.0 Å². The summed E-state index contributed by atoms with van der Waals surface area (Å²) in [5.74, 6) is 0.405. The van der Waals surface area contributed by atoms with Gasteiger partial charge in [0.15, 0.2) is 11.3 Å². The number of carbonyl (C=O) groups is 1. The van der Waals surface area contributed by atoms with Crippen molar-refractivity contribution in [2.75, 3.05) is 18.1 Å². The third-order valence-corrected chi connectivity index (χ3v) is 4.59. The molecule has 2 saturated heterocycles. The quantitative estimate of drug-likeness (QED) is 0.821. The fourth-order valence-electron chi connectivity index (χ4n) is 3.14. The topological polar surface area (TPSA) is 78.2 Å². The van der Waals surface area contributed by atoms with Gasteiger partial charge in [-0.1, -0.05) is 18.2 Å². The number of anilines is 1. The van der Waals surface area contributed by atoms with E-state index in [9.17, 15) is 9.90 Å². The van der Waals surface area contributed by atoms with Crippen LogP contribution in [0.2, 0.25) is 0 Å². The Bertz CT molecular complexity index is 707. The van der Waals surface area contributed by atoms with Crippen molar-refractivity contribution < 1.29 is 21.9 Å². The first-order chi connectivity index (χ1) is 11.1. The molecule has 0 saturated carbocycles. The fourth-order valence-corrected chi connectivity index (χ4v) is 3.14. The number of rotatable bonds is 5. The number of benzene rings is 1. The van der Waals surface area contributed by atoms with Gasteiger partial charge in [0.05, 0.1) is 19.4 Å². The van der Waals surface area contributed by atoms with E-state index in [2.05, 4.69) is 5.32 Å². The largest absolute Gasteiger partial charge is 0.468 e. The third kappa shape index (κ3) is 2.26. The molecule has 1 aromatic carbocycles. The maximum absolute atomic E-state index is 12.8. The molecule has 2 N–H and O–H groups in total. The van der Waals surface area contributed by atoms with Gasteiger partial charge >= 0.3 is 0 Å². The van der Waals surface area contributed by atoms with Crippen molar-refractivity contribution in [3.8, 4) is 0 Å². The fraction of sp³-hybridized carbons (Fsp3) is 0.353. The molecule has 2 aliphatic heterocycles. The molecule has 0 bridgehead atoms. The molecule has 2 fully saturated rings. The highest BCUT2D eigenvalue weighted by Crippen LogP contribution is 2.43. The minimum Gasteiger partial charge on any atom is -0.468 e. The molecule has 1 aromatic heterocycles. The Kier molecular flexibility index (Phi) is 3.26. The van der Waals surface area contributed by atoms with E-state index in [1.165, 1.54) is 0 Å². The Balaban J connectivity index is 0.00000113. The molecule has 6 heteroatoms. The SMILES string of the molecule is O=C1N(c2ccccc2)CCC1(O)C1(NCc2ccco2)CO1.[HH].[HH]. The van der Waals surface area contributed by atoms with Crippen molar-refractivity contribution in [2.45, 2.75) is 24.3 Å². The normalized spacial score (nSPS) is 30.0. The zero-order chi connectivity index (χ0) is 15.9. The van der Waals surface area contributed by atoms with Gasteiger partial charge in [0.25, 0.3) is 5.91 Å². The van der Waals surface area contributed by atoms with Gasteiger partial charge in [-0.2, -0.15) is 0 Å².